The molecule has 5 nitrogen and oxygen atoms in total. The minimum Gasteiger partial charge on any atom is -0.480 e. The van der Waals surface area contributed by atoms with Gasteiger partial charge in [0.25, 0.3) is 0 Å². The van der Waals surface area contributed by atoms with Crippen molar-refractivity contribution in [2.75, 3.05) is 6.54 Å². The van der Waals surface area contributed by atoms with Gasteiger partial charge >= 0.3 is 5.97 Å². The first-order valence-corrected chi connectivity index (χ1v) is 7.79. The van der Waals surface area contributed by atoms with Crippen LogP contribution in [0.5, 0.6) is 0 Å². The van der Waals surface area contributed by atoms with E-state index >= 15 is 0 Å². The quantitative estimate of drug-likeness (QED) is 0.711. The number of nitrogens with one attached hydrogen (secondary N) is 1. The Kier molecular flexibility index (Phi) is 6.20. The molecule has 0 aliphatic heterocycles. The average molecular weight is 346 g/mol. The molecule has 6 heteroatoms. The number of rotatable bonds is 8. The Morgan fingerprint density at radius 1 is 1.45 bits per heavy atom. The first kappa shape index (κ1) is 17.2. The summed E-state index contributed by atoms with van der Waals surface area (Å²) < 4.78 is 3.03. The largest absolute Gasteiger partial charge is 0.480 e. The number of carboxylic acids is 1. The fourth-order valence-electron chi connectivity index (χ4n) is 2.29. The molecule has 1 aromatic rings. The molecule has 1 unspecified atom stereocenters. The summed E-state index contributed by atoms with van der Waals surface area (Å²) in [6.07, 6.45) is 2.39. The molecule has 2 N–H and O–H groups in total. The molecule has 0 fully saturated rings. The van der Waals surface area contributed by atoms with Crippen LogP contribution in [-0.2, 0) is 11.3 Å². The number of aryl methyl sites for hydroxylation is 2. The number of carbonyl (C=O) groups is 1. The van der Waals surface area contributed by atoms with Crippen LogP contribution in [-0.4, -0.2) is 32.9 Å². The highest BCUT2D eigenvalue weighted by molar-refractivity contribution is 9.10. The van der Waals surface area contributed by atoms with Crippen molar-refractivity contribution >= 4 is 21.9 Å². The number of nitrogens with zero attached hydrogens (tertiary/aromatic N) is 2. The van der Waals surface area contributed by atoms with Gasteiger partial charge in [0.15, 0.2) is 0 Å². The molecule has 20 heavy (non-hydrogen) atoms. The van der Waals surface area contributed by atoms with Crippen molar-refractivity contribution in [3.8, 4) is 0 Å². The molecule has 1 rings (SSSR count). The fraction of sp³-hybridized carbons (Fsp3) is 0.714. The fourth-order valence-corrected chi connectivity index (χ4v) is 2.58. The summed E-state index contributed by atoms with van der Waals surface area (Å²) in [5, 5.41) is 16.8. The number of halogens is 1. The highest BCUT2D eigenvalue weighted by atomic mass is 79.9. The summed E-state index contributed by atoms with van der Waals surface area (Å²) in [6, 6.07) is 0. The Labute approximate surface area is 128 Å². The van der Waals surface area contributed by atoms with Crippen LogP contribution in [0.25, 0.3) is 0 Å². The van der Waals surface area contributed by atoms with E-state index in [-0.39, 0.29) is 0 Å². The highest BCUT2D eigenvalue weighted by Gasteiger charge is 2.31. The van der Waals surface area contributed by atoms with Gasteiger partial charge in [0, 0.05) is 12.2 Å². The molecule has 0 bridgehead atoms. The zero-order chi connectivity index (χ0) is 15.3. The Bertz CT molecular complexity index is 473. The molecule has 0 amide bonds. The van der Waals surface area contributed by atoms with E-state index in [0.717, 1.165) is 35.2 Å². The third kappa shape index (κ3) is 4.06. The minimum absolute atomic E-state index is 0.622. The molecule has 0 aliphatic carbocycles. The van der Waals surface area contributed by atoms with E-state index in [0.29, 0.717) is 13.0 Å². The van der Waals surface area contributed by atoms with Gasteiger partial charge in [-0.05, 0) is 62.5 Å². The molecular weight excluding hydrogens is 322 g/mol. The first-order valence-electron chi connectivity index (χ1n) is 6.99. The van der Waals surface area contributed by atoms with E-state index in [4.69, 9.17) is 0 Å². The second-order valence-corrected chi connectivity index (χ2v) is 6.13. The van der Waals surface area contributed by atoms with Crippen LogP contribution in [0.4, 0.5) is 0 Å². The lowest BCUT2D eigenvalue weighted by Crippen LogP contribution is -2.49. The van der Waals surface area contributed by atoms with E-state index < -0.39 is 11.5 Å². The smallest absolute Gasteiger partial charge is 0.323 e. The Morgan fingerprint density at radius 2 is 2.10 bits per heavy atom. The van der Waals surface area contributed by atoms with E-state index in [1.807, 2.05) is 25.5 Å². The van der Waals surface area contributed by atoms with Crippen molar-refractivity contribution in [2.24, 2.45) is 0 Å². The van der Waals surface area contributed by atoms with Crippen molar-refractivity contribution in [3.05, 3.63) is 15.9 Å². The highest BCUT2D eigenvalue weighted by Crippen LogP contribution is 2.21. The van der Waals surface area contributed by atoms with Gasteiger partial charge in [-0.15, -0.1) is 0 Å². The summed E-state index contributed by atoms with van der Waals surface area (Å²) in [6.45, 7) is 9.16. The predicted molar refractivity (Wildman–Crippen MR) is 83.0 cm³/mol. The predicted octanol–water partition coefficient (Wildman–Crippen LogP) is 2.89. The molecule has 0 aliphatic rings. The lowest BCUT2D eigenvalue weighted by molar-refractivity contribution is -0.144. The molecule has 0 saturated heterocycles. The average Bonchev–Trinajstić information content (AvgIpc) is 2.62. The second-order valence-electron chi connectivity index (χ2n) is 5.33. The van der Waals surface area contributed by atoms with Crippen LogP contribution in [0, 0.1) is 13.8 Å². The first-order chi connectivity index (χ1) is 9.31. The zero-order valence-corrected chi connectivity index (χ0v) is 14.2. The summed E-state index contributed by atoms with van der Waals surface area (Å²) >= 11 is 3.51. The van der Waals surface area contributed by atoms with Crippen LogP contribution in [0.15, 0.2) is 4.47 Å². The Balaban J connectivity index is 2.48. The van der Waals surface area contributed by atoms with Crippen LogP contribution in [0.3, 0.4) is 0 Å². The SMILES string of the molecule is CCNC(C)(CCCCn1nc(C)c(Br)c1C)C(=O)O. The monoisotopic (exact) mass is 345 g/mol. The number of aliphatic carboxylic acids is 1. The molecule has 0 spiro atoms. The molecule has 1 atom stereocenters. The van der Waals surface area contributed by atoms with Crippen LogP contribution < -0.4 is 5.32 Å². The third-order valence-corrected chi connectivity index (χ3v) is 4.78. The molecule has 1 heterocycles. The second kappa shape index (κ2) is 7.22. The van der Waals surface area contributed by atoms with Crippen LogP contribution in [0.2, 0.25) is 0 Å². The molecule has 114 valence electrons. The normalized spacial score (nSPS) is 14.2. The van der Waals surface area contributed by atoms with Crippen LogP contribution in [0.1, 0.15) is 44.5 Å². The number of carboxylic acid groups (broad SMARTS) is 1. The maximum Gasteiger partial charge on any atom is 0.323 e. The topological polar surface area (TPSA) is 67.2 Å². The number of hydrogen-bond donors (Lipinski definition) is 2. The van der Waals surface area contributed by atoms with Gasteiger partial charge in [0.05, 0.1) is 10.2 Å². The molecule has 0 radical (unpaired) electrons. The van der Waals surface area contributed by atoms with E-state index in [9.17, 15) is 9.90 Å². The summed E-state index contributed by atoms with van der Waals surface area (Å²) in [7, 11) is 0. The van der Waals surface area contributed by atoms with Crippen molar-refractivity contribution in [1.29, 1.82) is 0 Å². The molecule has 1 aromatic heterocycles. The van der Waals surface area contributed by atoms with Crippen molar-refractivity contribution in [2.45, 2.75) is 59.0 Å². The van der Waals surface area contributed by atoms with Gasteiger partial charge in [0.1, 0.15) is 5.54 Å². The third-order valence-electron chi connectivity index (χ3n) is 3.63. The maximum atomic E-state index is 11.3. The minimum atomic E-state index is -0.829. The van der Waals surface area contributed by atoms with Gasteiger partial charge in [0.2, 0.25) is 0 Å². The van der Waals surface area contributed by atoms with E-state index in [2.05, 4.69) is 26.3 Å². The van der Waals surface area contributed by atoms with Gasteiger partial charge in [-0.1, -0.05) is 6.92 Å². The summed E-state index contributed by atoms with van der Waals surface area (Å²) in [5.74, 6) is -0.784. The van der Waals surface area contributed by atoms with Crippen molar-refractivity contribution in [3.63, 3.8) is 0 Å². The van der Waals surface area contributed by atoms with E-state index in [1.54, 1.807) is 6.92 Å². The maximum absolute atomic E-state index is 11.3. The lowest BCUT2D eigenvalue weighted by atomic mass is 9.95. The van der Waals surface area contributed by atoms with Crippen molar-refractivity contribution in [1.82, 2.24) is 15.1 Å². The lowest BCUT2D eigenvalue weighted by Gasteiger charge is -2.25. The standard InChI is InChI=1S/C14H24BrN3O2/c1-5-16-14(4,13(19)20)8-6-7-9-18-11(3)12(15)10(2)17-18/h16H,5-9H2,1-4H3,(H,19,20). The van der Waals surface area contributed by atoms with Crippen LogP contribution >= 0.6 is 15.9 Å². The van der Waals surface area contributed by atoms with Crippen molar-refractivity contribution < 1.29 is 9.90 Å². The molecule has 0 aromatic carbocycles. The summed E-state index contributed by atoms with van der Waals surface area (Å²) in [4.78, 5) is 11.3. The number of unbranched alkanes of at least 4 members (excludes halogenated alkanes) is 1. The zero-order valence-electron chi connectivity index (χ0n) is 12.7. The number of likely N-dealkylation sites (N-methyl/N-ethyl adjacent to an activating group) is 1. The number of aromatic nitrogens is 2. The summed E-state index contributed by atoms with van der Waals surface area (Å²) in [5.41, 5.74) is 1.28. The Morgan fingerprint density at radius 3 is 2.55 bits per heavy atom. The van der Waals surface area contributed by atoms with Gasteiger partial charge in [-0.3, -0.25) is 9.48 Å². The molecular formula is C14H24BrN3O2. The van der Waals surface area contributed by atoms with Gasteiger partial charge in [-0.25, -0.2) is 0 Å². The van der Waals surface area contributed by atoms with Gasteiger partial charge in [-0.2, -0.15) is 5.10 Å². The Hall–Kier alpha value is -0.880. The molecule has 0 saturated carbocycles. The number of hydrogen-bond acceptors (Lipinski definition) is 3. The van der Waals surface area contributed by atoms with Gasteiger partial charge < -0.3 is 10.4 Å². The van der Waals surface area contributed by atoms with E-state index in [1.165, 1.54) is 0 Å².